The quantitative estimate of drug-likeness (QED) is 0.803. The lowest BCUT2D eigenvalue weighted by Gasteiger charge is -2.17. The van der Waals surface area contributed by atoms with Gasteiger partial charge < -0.3 is 10.6 Å². The van der Waals surface area contributed by atoms with Gasteiger partial charge in [-0.25, -0.2) is 13.2 Å². The highest BCUT2D eigenvalue weighted by Crippen LogP contribution is 2.24. The summed E-state index contributed by atoms with van der Waals surface area (Å²) in [5, 5.41) is 5.68. The van der Waals surface area contributed by atoms with Crippen molar-refractivity contribution in [3.05, 3.63) is 58.4 Å². The summed E-state index contributed by atoms with van der Waals surface area (Å²) in [4.78, 5) is 12.1. The van der Waals surface area contributed by atoms with Crippen LogP contribution in [0.3, 0.4) is 0 Å². The normalized spacial score (nSPS) is 11.9. The number of carbonyl (C=O) groups excluding carboxylic acids is 1. The molecule has 0 bridgehead atoms. The van der Waals surface area contributed by atoms with Crippen LogP contribution >= 0.6 is 11.6 Å². The van der Waals surface area contributed by atoms with Crippen molar-refractivity contribution in [2.75, 3.05) is 10.6 Å². The Morgan fingerprint density at radius 2 is 1.78 bits per heavy atom. The molecular weight excluding hydrogens is 329 g/mol. The van der Waals surface area contributed by atoms with Crippen molar-refractivity contribution in [2.45, 2.75) is 19.9 Å². The van der Waals surface area contributed by atoms with Gasteiger partial charge in [0, 0.05) is 10.7 Å². The Bertz CT molecular complexity index is 752. The number of hydrogen-bond acceptors (Lipinski definition) is 2. The van der Waals surface area contributed by atoms with E-state index in [-0.39, 0.29) is 0 Å². The Hall–Kier alpha value is -2.21. The summed E-state index contributed by atoms with van der Waals surface area (Å²) in [5.41, 5.74) is 0.976. The molecule has 0 spiro atoms. The predicted octanol–water partition coefficient (Wildman–Crippen LogP) is 4.50. The molecule has 7 heteroatoms. The second-order valence-corrected chi connectivity index (χ2v) is 5.40. The molecule has 0 aliphatic heterocycles. The number of hydrogen-bond donors (Lipinski definition) is 2. The number of carbonyl (C=O) groups is 1. The van der Waals surface area contributed by atoms with Gasteiger partial charge >= 0.3 is 0 Å². The van der Waals surface area contributed by atoms with Gasteiger partial charge in [0.25, 0.3) is 0 Å². The second-order valence-electron chi connectivity index (χ2n) is 4.99. The summed E-state index contributed by atoms with van der Waals surface area (Å²) in [6.45, 7) is 3.33. The maximum absolute atomic E-state index is 13.6. The Labute approximate surface area is 136 Å². The van der Waals surface area contributed by atoms with Crippen molar-refractivity contribution >= 4 is 28.9 Å². The number of amides is 1. The van der Waals surface area contributed by atoms with Crippen LogP contribution in [0.1, 0.15) is 12.5 Å². The molecule has 1 amide bonds. The first-order valence-electron chi connectivity index (χ1n) is 6.77. The van der Waals surface area contributed by atoms with E-state index < -0.39 is 35.1 Å². The smallest absolute Gasteiger partial charge is 0.246 e. The van der Waals surface area contributed by atoms with Crippen molar-refractivity contribution in [3.63, 3.8) is 0 Å². The van der Waals surface area contributed by atoms with Gasteiger partial charge in [-0.15, -0.1) is 0 Å². The van der Waals surface area contributed by atoms with Gasteiger partial charge in [-0.05, 0) is 43.7 Å². The zero-order valence-electron chi connectivity index (χ0n) is 12.4. The molecule has 0 radical (unpaired) electrons. The van der Waals surface area contributed by atoms with Crippen LogP contribution in [0.15, 0.2) is 30.3 Å². The molecule has 0 saturated heterocycles. The number of benzene rings is 2. The van der Waals surface area contributed by atoms with E-state index in [0.29, 0.717) is 10.7 Å². The fourth-order valence-electron chi connectivity index (χ4n) is 1.93. The van der Waals surface area contributed by atoms with Gasteiger partial charge in [-0.1, -0.05) is 17.7 Å². The fraction of sp³-hybridized carbons (Fsp3) is 0.188. The molecule has 2 N–H and O–H groups in total. The summed E-state index contributed by atoms with van der Waals surface area (Å²) in [6.07, 6.45) is 0. The molecule has 0 aliphatic rings. The maximum atomic E-state index is 13.6. The highest BCUT2D eigenvalue weighted by Gasteiger charge is 2.19. The third-order valence-electron chi connectivity index (χ3n) is 3.33. The van der Waals surface area contributed by atoms with Crippen LogP contribution in [0, 0.1) is 24.4 Å². The average Bonchev–Trinajstić information content (AvgIpc) is 2.52. The highest BCUT2D eigenvalue weighted by molar-refractivity contribution is 6.31. The van der Waals surface area contributed by atoms with Crippen LogP contribution in [-0.4, -0.2) is 11.9 Å². The van der Waals surface area contributed by atoms with E-state index in [2.05, 4.69) is 10.6 Å². The first kappa shape index (κ1) is 17.1. The lowest BCUT2D eigenvalue weighted by atomic mass is 10.1. The summed E-state index contributed by atoms with van der Waals surface area (Å²) in [6, 6.07) is 6.12. The fourth-order valence-corrected chi connectivity index (χ4v) is 2.10. The van der Waals surface area contributed by atoms with Crippen LogP contribution in [0.2, 0.25) is 5.02 Å². The summed E-state index contributed by atoms with van der Waals surface area (Å²) in [7, 11) is 0. The molecule has 0 fully saturated rings. The molecule has 23 heavy (non-hydrogen) atoms. The van der Waals surface area contributed by atoms with Gasteiger partial charge in [0.05, 0.1) is 5.69 Å². The largest absolute Gasteiger partial charge is 0.374 e. The molecule has 122 valence electrons. The van der Waals surface area contributed by atoms with Crippen molar-refractivity contribution in [2.24, 2.45) is 0 Å². The maximum Gasteiger partial charge on any atom is 0.246 e. The zero-order chi connectivity index (χ0) is 17.1. The number of nitrogens with one attached hydrogen (secondary N) is 2. The number of halogens is 4. The zero-order valence-corrected chi connectivity index (χ0v) is 13.1. The van der Waals surface area contributed by atoms with Crippen LogP contribution in [-0.2, 0) is 4.79 Å². The molecular formula is C16H14ClF3N2O. The summed E-state index contributed by atoms with van der Waals surface area (Å²) in [5.74, 6) is -4.99. The minimum absolute atomic E-state index is 0.426. The molecule has 0 heterocycles. The third-order valence-corrected chi connectivity index (χ3v) is 3.74. The van der Waals surface area contributed by atoms with Crippen molar-refractivity contribution in [3.8, 4) is 0 Å². The van der Waals surface area contributed by atoms with Crippen LogP contribution in [0.4, 0.5) is 24.5 Å². The molecule has 2 aromatic carbocycles. The molecule has 2 aromatic rings. The van der Waals surface area contributed by atoms with Crippen molar-refractivity contribution < 1.29 is 18.0 Å². The lowest BCUT2D eigenvalue weighted by Crippen LogP contribution is -2.32. The first-order valence-corrected chi connectivity index (χ1v) is 7.15. The molecule has 2 rings (SSSR count). The topological polar surface area (TPSA) is 41.1 Å². The van der Waals surface area contributed by atoms with E-state index in [1.54, 1.807) is 32.0 Å². The van der Waals surface area contributed by atoms with Gasteiger partial charge in [-0.2, -0.15) is 0 Å². The van der Waals surface area contributed by atoms with Crippen LogP contribution in [0.5, 0.6) is 0 Å². The molecule has 0 aromatic heterocycles. The van der Waals surface area contributed by atoms with Gasteiger partial charge in [-0.3, -0.25) is 4.79 Å². The Morgan fingerprint density at radius 3 is 2.48 bits per heavy atom. The summed E-state index contributed by atoms with van der Waals surface area (Å²) < 4.78 is 39.6. The summed E-state index contributed by atoms with van der Waals surface area (Å²) >= 11 is 5.99. The molecule has 0 unspecified atom stereocenters. The van der Waals surface area contributed by atoms with E-state index >= 15 is 0 Å². The van der Waals surface area contributed by atoms with Crippen LogP contribution < -0.4 is 10.6 Å². The van der Waals surface area contributed by atoms with E-state index in [9.17, 15) is 18.0 Å². The Morgan fingerprint density at radius 1 is 1.09 bits per heavy atom. The minimum atomic E-state index is -1.63. The van der Waals surface area contributed by atoms with Gasteiger partial charge in [0.15, 0.2) is 17.5 Å². The van der Waals surface area contributed by atoms with Crippen molar-refractivity contribution in [1.29, 1.82) is 0 Å². The van der Waals surface area contributed by atoms with E-state index in [4.69, 9.17) is 11.6 Å². The second kappa shape index (κ2) is 6.91. The Balaban J connectivity index is 2.12. The van der Waals surface area contributed by atoms with Crippen LogP contribution in [0.25, 0.3) is 0 Å². The van der Waals surface area contributed by atoms with E-state index in [0.717, 1.165) is 17.7 Å². The van der Waals surface area contributed by atoms with Crippen molar-refractivity contribution in [1.82, 2.24) is 0 Å². The van der Waals surface area contributed by atoms with E-state index in [1.165, 1.54) is 0 Å². The highest BCUT2D eigenvalue weighted by atomic mass is 35.5. The third kappa shape index (κ3) is 3.76. The minimum Gasteiger partial charge on any atom is -0.374 e. The molecule has 0 saturated carbocycles. The molecule has 0 aliphatic carbocycles. The predicted molar refractivity (Wildman–Crippen MR) is 84.2 cm³/mol. The number of rotatable bonds is 4. The molecule has 3 nitrogen and oxygen atoms in total. The van der Waals surface area contributed by atoms with Gasteiger partial charge in [0.1, 0.15) is 6.04 Å². The lowest BCUT2D eigenvalue weighted by molar-refractivity contribution is -0.116. The SMILES string of the molecule is Cc1c(Cl)cccc1N[C@H](C)C(=O)Nc1ccc(F)c(F)c1F. The first-order chi connectivity index (χ1) is 10.8. The van der Waals surface area contributed by atoms with E-state index in [1.807, 2.05) is 0 Å². The Kier molecular flexibility index (Phi) is 5.15. The van der Waals surface area contributed by atoms with Gasteiger partial charge in [0.2, 0.25) is 5.91 Å². The standard InChI is InChI=1S/C16H14ClF3N2O/c1-8-10(17)4-3-5-12(8)21-9(2)16(23)22-13-7-6-11(18)14(19)15(13)20/h3-7,9,21H,1-2H3,(H,22,23)/t9-/m1/s1. The average molecular weight is 343 g/mol. The monoisotopic (exact) mass is 342 g/mol. The number of anilines is 2. The molecule has 1 atom stereocenters.